The molecule has 4 heterocycles. The predicted octanol–water partition coefficient (Wildman–Crippen LogP) is 4.29. The third kappa shape index (κ3) is 3.52. The fourth-order valence-electron chi connectivity index (χ4n) is 4.52. The number of nitrogens with two attached hydrogens (primary N) is 1. The Hall–Kier alpha value is -4.50. The molecule has 3 aromatic heterocycles. The molecule has 4 N–H and O–H groups in total. The first-order chi connectivity index (χ1) is 17.4. The number of imidazole rings is 1. The predicted molar refractivity (Wildman–Crippen MR) is 139 cm³/mol. The lowest BCUT2D eigenvalue weighted by Crippen LogP contribution is -2.32. The minimum atomic E-state index is -1.05. The Labute approximate surface area is 211 Å². The molecule has 36 heavy (non-hydrogen) atoms. The number of hydrogen-bond donors (Lipinski definition) is 3. The maximum atomic E-state index is 13.1. The van der Waals surface area contributed by atoms with Crippen LogP contribution in [0, 0.1) is 0 Å². The fourth-order valence-corrected chi connectivity index (χ4v) is 4.65. The number of nitrogen functional groups attached to an aromatic ring is 1. The maximum Gasteiger partial charge on any atom is 0.240 e. The van der Waals surface area contributed by atoms with Crippen LogP contribution >= 0.6 is 11.6 Å². The van der Waals surface area contributed by atoms with E-state index in [2.05, 4.69) is 25.6 Å². The number of fused-ring (bicyclic) bond motifs is 2. The summed E-state index contributed by atoms with van der Waals surface area (Å²) in [5.41, 5.74) is 8.95. The number of anilines is 3. The topological polar surface area (TPSA) is 123 Å². The van der Waals surface area contributed by atoms with Gasteiger partial charge in [-0.15, -0.1) is 0 Å². The Kier molecular flexibility index (Phi) is 5.08. The van der Waals surface area contributed by atoms with E-state index in [1.807, 2.05) is 53.1 Å². The molecule has 0 bridgehead atoms. The van der Waals surface area contributed by atoms with Crippen LogP contribution in [0.15, 0.2) is 73.2 Å². The van der Waals surface area contributed by atoms with Crippen molar-refractivity contribution in [1.82, 2.24) is 24.3 Å². The summed E-state index contributed by atoms with van der Waals surface area (Å²) in [7, 11) is 0. The molecule has 0 saturated heterocycles. The molecule has 1 aliphatic rings. The van der Waals surface area contributed by atoms with Gasteiger partial charge >= 0.3 is 0 Å². The van der Waals surface area contributed by atoms with Crippen molar-refractivity contribution in [2.45, 2.75) is 18.9 Å². The van der Waals surface area contributed by atoms with E-state index in [0.717, 1.165) is 11.1 Å². The number of nitrogens with one attached hydrogen (secondary N) is 2. The van der Waals surface area contributed by atoms with Gasteiger partial charge < -0.3 is 20.8 Å². The molecule has 1 aliphatic heterocycles. The van der Waals surface area contributed by atoms with Crippen LogP contribution in [0.25, 0.3) is 17.2 Å². The quantitative estimate of drug-likeness (QED) is 0.331. The van der Waals surface area contributed by atoms with Crippen molar-refractivity contribution >= 4 is 40.6 Å². The molecule has 1 amide bonds. The Bertz CT molecular complexity index is 1620. The van der Waals surface area contributed by atoms with Gasteiger partial charge in [0.15, 0.2) is 17.3 Å². The summed E-state index contributed by atoms with van der Waals surface area (Å²) in [4.78, 5) is 31.5. The minimum absolute atomic E-state index is 0.206. The van der Waals surface area contributed by atoms with Crippen LogP contribution in [-0.4, -0.2) is 30.2 Å². The largest absolute Gasteiger partial charge is 0.383 e. The second-order valence-corrected chi connectivity index (χ2v) is 9.15. The van der Waals surface area contributed by atoms with Gasteiger partial charge in [-0.3, -0.25) is 4.79 Å². The average molecular weight is 497 g/mol. The third-order valence-corrected chi connectivity index (χ3v) is 6.70. The van der Waals surface area contributed by atoms with Crippen molar-refractivity contribution in [1.29, 1.82) is 0 Å². The second kappa shape index (κ2) is 8.31. The number of aromatic nitrogens is 5. The van der Waals surface area contributed by atoms with E-state index < -0.39 is 5.41 Å². The minimum Gasteiger partial charge on any atom is -0.383 e. The lowest BCUT2D eigenvalue weighted by atomic mass is 9.78. The van der Waals surface area contributed by atoms with Crippen LogP contribution < -0.4 is 16.4 Å². The molecule has 6 rings (SSSR count). The Balaban J connectivity index is 1.41. The highest BCUT2D eigenvalue weighted by molar-refractivity contribution is 6.30. The maximum absolute atomic E-state index is 13.1. The lowest BCUT2D eigenvalue weighted by molar-refractivity contribution is -0.119. The van der Waals surface area contributed by atoms with Crippen LogP contribution in [0.1, 0.15) is 23.6 Å². The van der Waals surface area contributed by atoms with Crippen LogP contribution in [0.3, 0.4) is 0 Å². The highest BCUT2D eigenvalue weighted by Crippen LogP contribution is 2.45. The van der Waals surface area contributed by atoms with Crippen molar-refractivity contribution in [3.05, 3.63) is 94.9 Å². The van der Waals surface area contributed by atoms with Gasteiger partial charge in [0.2, 0.25) is 5.91 Å². The molecule has 178 valence electrons. The molecule has 9 nitrogen and oxygen atoms in total. The molecule has 5 aromatic rings. The summed E-state index contributed by atoms with van der Waals surface area (Å²) in [6.07, 6.45) is 5.31. The van der Waals surface area contributed by atoms with Crippen molar-refractivity contribution in [2.75, 3.05) is 16.4 Å². The normalized spacial score (nSPS) is 16.7. The summed E-state index contributed by atoms with van der Waals surface area (Å²) in [5, 5.41) is 6.81. The fraction of sp³-hybridized carbons (Fsp3) is 0.115. The number of hydrogen-bond acceptors (Lipinski definition) is 7. The van der Waals surface area contributed by atoms with E-state index in [1.165, 1.54) is 0 Å². The zero-order chi connectivity index (χ0) is 24.9. The smallest absolute Gasteiger partial charge is 0.240 e. The molecule has 0 spiro atoms. The Morgan fingerprint density at radius 2 is 1.86 bits per heavy atom. The molecule has 1 atom stereocenters. The first kappa shape index (κ1) is 22.0. The van der Waals surface area contributed by atoms with Crippen molar-refractivity contribution < 1.29 is 4.79 Å². The molecule has 2 aromatic carbocycles. The van der Waals surface area contributed by atoms with Crippen LogP contribution in [-0.2, 0) is 16.8 Å². The van der Waals surface area contributed by atoms with Gasteiger partial charge in [0, 0.05) is 30.2 Å². The molecular formula is C26H21ClN8O. The Morgan fingerprint density at radius 1 is 1.08 bits per heavy atom. The molecule has 0 fully saturated rings. The highest BCUT2D eigenvalue weighted by Gasteiger charge is 2.47. The Morgan fingerprint density at radius 3 is 2.64 bits per heavy atom. The summed E-state index contributed by atoms with van der Waals surface area (Å²) >= 11 is 6.05. The van der Waals surface area contributed by atoms with Gasteiger partial charge in [-0.05, 0) is 30.2 Å². The average Bonchev–Trinajstić information content (AvgIpc) is 3.46. The number of halogens is 1. The number of rotatable bonds is 5. The first-order valence-corrected chi connectivity index (χ1v) is 11.7. The molecule has 1 unspecified atom stereocenters. The number of carbonyl (C=O) groups is 1. The van der Waals surface area contributed by atoms with Gasteiger partial charge in [0.25, 0.3) is 0 Å². The zero-order valence-electron chi connectivity index (χ0n) is 19.2. The molecule has 0 radical (unpaired) electrons. The van der Waals surface area contributed by atoms with Crippen LogP contribution in [0.5, 0.6) is 0 Å². The van der Waals surface area contributed by atoms with Gasteiger partial charge in [-0.25, -0.2) is 19.9 Å². The van der Waals surface area contributed by atoms with E-state index in [9.17, 15) is 4.79 Å². The van der Waals surface area contributed by atoms with Crippen molar-refractivity contribution in [3.8, 4) is 11.5 Å². The van der Waals surface area contributed by atoms with E-state index >= 15 is 0 Å². The summed E-state index contributed by atoms with van der Waals surface area (Å²) < 4.78 is 1.85. The van der Waals surface area contributed by atoms with E-state index in [1.54, 1.807) is 31.5 Å². The SMILES string of the molecule is CC1(c2ccc(Cl)cc2)C(=O)Nc2nc(-c3cn4ccnc4c(NCc4ccccc4)n3)nc(N)c21. The second-order valence-electron chi connectivity index (χ2n) is 8.71. The van der Waals surface area contributed by atoms with E-state index in [0.29, 0.717) is 45.9 Å². The summed E-state index contributed by atoms with van der Waals surface area (Å²) in [5.74, 6) is 1.22. The monoisotopic (exact) mass is 496 g/mol. The third-order valence-electron chi connectivity index (χ3n) is 6.45. The van der Waals surface area contributed by atoms with Gasteiger partial charge in [-0.2, -0.15) is 0 Å². The number of benzene rings is 2. The lowest BCUT2D eigenvalue weighted by Gasteiger charge is -2.23. The van der Waals surface area contributed by atoms with E-state index in [-0.39, 0.29) is 11.7 Å². The van der Waals surface area contributed by atoms with Crippen molar-refractivity contribution in [2.24, 2.45) is 0 Å². The highest BCUT2D eigenvalue weighted by atomic mass is 35.5. The summed E-state index contributed by atoms with van der Waals surface area (Å²) in [6, 6.07) is 17.1. The first-order valence-electron chi connectivity index (χ1n) is 11.3. The molecule has 0 saturated carbocycles. The number of carbonyl (C=O) groups excluding carboxylic acids is 1. The van der Waals surface area contributed by atoms with Gasteiger partial charge in [-0.1, -0.05) is 54.1 Å². The number of nitrogens with zero attached hydrogens (tertiary/aromatic N) is 5. The zero-order valence-corrected chi connectivity index (χ0v) is 20.0. The standard InChI is InChI=1S/C26H21ClN8O/c1-26(16-7-9-17(27)10-8-16)19-20(28)32-21(33-22(19)34-25(26)36)18-14-35-12-11-29-24(35)23(31-18)30-13-15-5-3-2-4-6-15/h2-12,14H,13H2,1H3,(H,30,31)(H3,28,32,33,34,36). The number of amides is 1. The molecule has 0 aliphatic carbocycles. The molecular weight excluding hydrogens is 476 g/mol. The van der Waals surface area contributed by atoms with Gasteiger partial charge in [0.05, 0.1) is 5.56 Å². The summed E-state index contributed by atoms with van der Waals surface area (Å²) in [6.45, 7) is 2.38. The molecule has 10 heteroatoms. The van der Waals surface area contributed by atoms with Crippen molar-refractivity contribution in [3.63, 3.8) is 0 Å². The van der Waals surface area contributed by atoms with Crippen LogP contribution in [0.4, 0.5) is 17.5 Å². The van der Waals surface area contributed by atoms with Crippen LogP contribution in [0.2, 0.25) is 5.02 Å². The van der Waals surface area contributed by atoms with Gasteiger partial charge in [0.1, 0.15) is 22.7 Å². The van der Waals surface area contributed by atoms with E-state index in [4.69, 9.17) is 22.3 Å².